The Labute approximate surface area is 173 Å². The summed E-state index contributed by atoms with van der Waals surface area (Å²) in [6, 6.07) is 5.28. The molecule has 1 aromatic carbocycles. The third-order valence-electron chi connectivity index (χ3n) is 5.35. The van der Waals surface area contributed by atoms with Gasteiger partial charge in [0, 0.05) is 30.4 Å². The van der Waals surface area contributed by atoms with Crippen molar-refractivity contribution in [2.45, 2.75) is 12.2 Å². The first-order valence-electron chi connectivity index (χ1n) is 9.22. The summed E-state index contributed by atoms with van der Waals surface area (Å²) in [5.74, 6) is 0.0743. The van der Waals surface area contributed by atoms with E-state index in [4.69, 9.17) is 10.5 Å². The minimum Gasteiger partial charge on any atom is -0.491 e. The van der Waals surface area contributed by atoms with Crippen LogP contribution < -0.4 is 10.5 Å². The predicted molar refractivity (Wildman–Crippen MR) is 104 cm³/mol. The molecule has 11 heteroatoms. The molecule has 1 atom stereocenters. The number of rotatable bonds is 2. The quantitative estimate of drug-likeness (QED) is 0.527. The van der Waals surface area contributed by atoms with Crippen LogP contribution in [0.25, 0.3) is 16.6 Å². The number of alkyl halides is 3. The van der Waals surface area contributed by atoms with Crippen LogP contribution in [0.4, 0.5) is 19.0 Å². The van der Waals surface area contributed by atoms with E-state index < -0.39 is 17.9 Å². The molecular weight excluding hydrogens is 413 g/mol. The number of fused-ring (bicyclic) bond motifs is 4. The lowest BCUT2D eigenvalue weighted by Crippen LogP contribution is -2.32. The summed E-state index contributed by atoms with van der Waals surface area (Å²) in [6.07, 6.45) is -0.295. The molecule has 0 saturated heterocycles. The Bertz CT molecular complexity index is 1350. The van der Waals surface area contributed by atoms with Crippen LogP contribution in [0.2, 0.25) is 0 Å². The topological polar surface area (TPSA) is 98.6 Å². The van der Waals surface area contributed by atoms with Crippen molar-refractivity contribution in [1.82, 2.24) is 24.3 Å². The molecule has 4 aromatic rings. The molecule has 4 heterocycles. The third-order valence-corrected chi connectivity index (χ3v) is 5.35. The van der Waals surface area contributed by atoms with E-state index in [-0.39, 0.29) is 18.3 Å². The number of pyridine rings is 1. The van der Waals surface area contributed by atoms with E-state index >= 15 is 0 Å². The van der Waals surface area contributed by atoms with Gasteiger partial charge in [0.25, 0.3) is 5.91 Å². The zero-order valence-electron chi connectivity index (χ0n) is 16.1. The summed E-state index contributed by atoms with van der Waals surface area (Å²) < 4.78 is 45.9. The van der Waals surface area contributed by atoms with Crippen molar-refractivity contribution in [3.63, 3.8) is 0 Å². The monoisotopic (exact) mass is 428 g/mol. The number of anilines is 1. The van der Waals surface area contributed by atoms with Crippen LogP contribution in [0, 0.1) is 0 Å². The molecule has 0 fully saturated rings. The van der Waals surface area contributed by atoms with Gasteiger partial charge in [-0.3, -0.25) is 14.2 Å². The van der Waals surface area contributed by atoms with E-state index in [1.54, 1.807) is 42.2 Å². The zero-order valence-corrected chi connectivity index (χ0v) is 16.1. The Balaban J connectivity index is 1.49. The smallest absolute Gasteiger partial charge is 0.433 e. The molecule has 0 spiro atoms. The van der Waals surface area contributed by atoms with E-state index in [2.05, 4.69) is 15.0 Å². The number of halogens is 3. The van der Waals surface area contributed by atoms with E-state index in [9.17, 15) is 18.0 Å². The van der Waals surface area contributed by atoms with Crippen molar-refractivity contribution in [2.24, 2.45) is 0 Å². The Hall–Kier alpha value is -3.89. The van der Waals surface area contributed by atoms with Gasteiger partial charge in [0.2, 0.25) is 0 Å². The zero-order chi connectivity index (χ0) is 21.9. The standard InChI is InChI=1S/C20H15F3N6O2/c1-28(15-8-31-16-5-17(20(21,22)23)26-6-11(15)16)19(30)10-2-3-12-13(4-10)29-9-25-7-14(29)18(24)27-12/h2-7,9,15H,8H2,1H3,(H2,24,27). The molecule has 0 saturated carbocycles. The molecule has 31 heavy (non-hydrogen) atoms. The predicted octanol–water partition coefficient (Wildman–Crippen LogP) is 3.08. The molecule has 1 aliphatic heterocycles. The van der Waals surface area contributed by atoms with E-state index in [1.165, 1.54) is 4.90 Å². The van der Waals surface area contributed by atoms with E-state index in [0.29, 0.717) is 33.5 Å². The number of hydrogen-bond donors (Lipinski definition) is 1. The number of aromatic nitrogens is 4. The van der Waals surface area contributed by atoms with Gasteiger partial charge in [0.15, 0.2) is 0 Å². The fourth-order valence-electron chi connectivity index (χ4n) is 3.71. The molecular formula is C20H15F3N6O2. The molecule has 0 aliphatic carbocycles. The summed E-state index contributed by atoms with van der Waals surface area (Å²) in [4.78, 5) is 26.5. The van der Waals surface area contributed by atoms with Gasteiger partial charge >= 0.3 is 6.18 Å². The minimum atomic E-state index is -4.57. The lowest BCUT2D eigenvalue weighted by Gasteiger charge is -2.23. The number of likely N-dealkylation sites (N-methyl/N-ethyl adjacent to an activating group) is 1. The van der Waals surface area contributed by atoms with E-state index in [0.717, 1.165) is 12.3 Å². The lowest BCUT2D eigenvalue weighted by molar-refractivity contribution is -0.141. The van der Waals surface area contributed by atoms with Crippen molar-refractivity contribution >= 4 is 28.3 Å². The molecule has 8 nitrogen and oxygen atoms in total. The summed E-state index contributed by atoms with van der Waals surface area (Å²) in [5.41, 5.74) is 7.58. The largest absolute Gasteiger partial charge is 0.491 e. The first kappa shape index (κ1) is 19.1. The van der Waals surface area contributed by atoms with Crippen LogP contribution in [-0.2, 0) is 6.18 Å². The molecule has 0 bridgehead atoms. The maximum Gasteiger partial charge on any atom is 0.433 e. The number of benzene rings is 1. The van der Waals surface area contributed by atoms with Crippen molar-refractivity contribution in [3.8, 4) is 5.75 Å². The van der Waals surface area contributed by atoms with Crippen LogP contribution in [0.3, 0.4) is 0 Å². The normalized spacial score (nSPS) is 15.8. The van der Waals surface area contributed by atoms with Gasteiger partial charge < -0.3 is 15.4 Å². The molecule has 0 radical (unpaired) electrons. The number of carbonyl (C=O) groups is 1. The Kier molecular flexibility index (Phi) is 4.04. The summed E-state index contributed by atoms with van der Waals surface area (Å²) in [5, 5.41) is 0. The van der Waals surface area contributed by atoms with Crippen LogP contribution in [0.15, 0.2) is 43.0 Å². The van der Waals surface area contributed by atoms with Crippen molar-refractivity contribution < 1.29 is 22.7 Å². The summed E-state index contributed by atoms with van der Waals surface area (Å²) >= 11 is 0. The van der Waals surface area contributed by atoms with Crippen LogP contribution in [-0.4, -0.2) is 43.8 Å². The minimum absolute atomic E-state index is 0.0397. The second-order valence-electron chi connectivity index (χ2n) is 7.20. The van der Waals surface area contributed by atoms with Crippen molar-refractivity contribution in [1.29, 1.82) is 0 Å². The molecule has 1 amide bonds. The van der Waals surface area contributed by atoms with Crippen LogP contribution >= 0.6 is 0 Å². The number of imidazole rings is 1. The first-order chi connectivity index (χ1) is 14.7. The second-order valence-corrected chi connectivity index (χ2v) is 7.20. The van der Waals surface area contributed by atoms with Gasteiger partial charge in [-0.1, -0.05) is 0 Å². The average molecular weight is 428 g/mol. The Morgan fingerprint density at radius 3 is 2.84 bits per heavy atom. The van der Waals surface area contributed by atoms with Gasteiger partial charge in [0.1, 0.15) is 29.4 Å². The SMILES string of the molecule is CN(C(=O)c1ccc2nc(N)c3cncn3c2c1)C1COc2cc(C(F)(F)F)ncc21. The highest BCUT2D eigenvalue weighted by Gasteiger charge is 2.37. The van der Waals surface area contributed by atoms with E-state index in [1.807, 2.05) is 0 Å². The lowest BCUT2D eigenvalue weighted by atomic mass is 10.1. The third kappa shape index (κ3) is 3.00. The molecule has 2 N–H and O–H groups in total. The molecule has 1 aliphatic rings. The van der Waals surface area contributed by atoms with Crippen LogP contribution in [0.1, 0.15) is 27.7 Å². The number of nitrogen functional groups attached to an aromatic ring is 1. The number of nitrogens with two attached hydrogens (primary N) is 1. The molecule has 5 rings (SSSR count). The Morgan fingerprint density at radius 1 is 1.26 bits per heavy atom. The summed E-state index contributed by atoms with van der Waals surface area (Å²) in [6.45, 7) is 0.0397. The number of ether oxygens (including phenoxy) is 1. The first-order valence-corrected chi connectivity index (χ1v) is 9.22. The van der Waals surface area contributed by atoms with Gasteiger partial charge in [-0.05, 0) is 18.2 Å². The maximum absolute atomic E-state index is 13.2. The maximum atomic E-state index is 13.2. The molecule has 3 aromatic heterocycles. The van der Waals surface area contributed by atoms with Gasteiger partial charge in [-0.2, -0.15) is 13.2 Å². The van der Waals surface area contributed by atoms with Crippen LogP contribution in [0.5, 0.6) is 5.75 Å². The molecule has 158 valence electrons. The number of nitrogens with zero attached hydrogens (tertiary/aromatic N) is 5. The summed E-state index contributed by atoms with van der Waals surface area (Å²) in [7, 11) is 1.57. The van der Waals surface area contributed by atoms with Gasteiger partial charge in [-0.25, -0.2) is 9.97 Å². The Morgan fingerprint density at radius 2 is 2.06 bits per heavy atom. The molecule has 1 unspecified atom stereocenters. The van der Waals surface area contributed by atoms with Gasteiger partial charge in [-0.15, -0.1) is 0 Å². The fourth-order valence-corrected chi connectivity index (χ4v) is 3.71. The highest BCUT2D eigenvalue weighted by atomic mass is 19.4. The van der Waals surface area contributed by atoms with Crippen molar-refractivity contribution in [3.05, 3.63) is 59.8 Å². The number of hydrogen-bond acceptors (Lipinski definition) is 6. The number of amides is 1. The van der Waals surface area contributed by atoms with Crippen molar-refractivity contribution in [2.75, 3.05) is 19.4 Å². The number of carbonyl (C=O) groups excluding carboxylic acids is 1. The average Bonchev–Trinajstić information content (AvgIpc) is 3.39. The highest BCUT2D eigenvalue weighted by molar-refractivity contribution is 5.98. The highest BCUT2D eigenvalue weighted by Crippen LogP contribution is 2.39. The van der Waals surface area contributed by atoms with Gasteiger partial charge in [0.05, 0.1) is 29.6 Å². The second kappa shape index (κ2) is 6.56. The fraction of sp³-hybridized carbons (Fsp3) is 0.200.